The Hall–Kier alpha value is 0.867. The Kier molecular flexibility index (Phi) is 6.64. The van der Waals surface area contributed by atoms with Crippen LogP contribution in [-0.4, -0.2) is 33.7 Å². The molecule has 0 saturated carbocycles. The van der Waals surface area contributed by atoms with Crippen molar-refractivity contribution in [1.82, 2.24) is 0 Å². The minimum absolute atomic E-state index is 0.0203. The third-order valence-corrected chi connectivity index (χ3v) is 2.95. The van der Waals surface area contributed by atoms with Crippen molar-refractivity contribution in [1.29, 1.82) is 0 Å². The van der Waals surface area contributed by atoms with Crippen LogP contribution in [0.3, 0.4) is 0 Å². The van der Waals surface area contributed by atoms with Crippen molar-refractivity contribution in [3.8, 4) is 0 Å². The molecule has 4 heteroatoms. The van der Waals surface area contributed by atoms with Gasteiger partial charge in [0.1, 0.15) is 15.4 Å². The van der Waals surface area contributed by atoms with Crippen molar-refractivity contribution in [2.24, 2.45) is 0 Å². The molecule has 2 radical (unpaired) electrons. The molecule has 0 amide bonds. The summed E-state index contributed by atoms with van der Waals surface area (Å²) in [5.74, 6) is 0.0203. The summed E-state index contributed by atoms with van der Waals surface area (Å²) < 4.78 is 11.0. The van der Waals surface area contributed by atoms with Crippen LogP contribution in [0, 0.1) is 0 Å². The summed E-state index contributed by atoms with van der Waals surface area (Å²) >= 11 is 2.30. The topological polar surface area (TPSA) is 18.5 Å². The molecule has 48 valence electrons. The molecule has 2 nitrogen and oxygen atoms in total. The quantitative estimate of drug-likeness (QED) is 0.313. The SMILES string of the molecule is COC(OC)[Si]CI. The molecule has 0 heterocycles. The largest absolute Gasteiger partial charge is 0.360 e. The zero-order valence-electron chi connectivity index (χ0n) is 4.98. The van der Waals surface area contributed by atoms with Crippen LogP contribution in [0.1, 0.15) is 0 Å². The molecule has 0 saturated heterocycles. The minimum Gasteiger partial charge on any atom is -0.360 e. The molecular formula is C4H9IO2Si. The predicted molar refractivity (Wildman–Crippen MR) is 42.4 cm³/mol. The Labute approximate surface area is 65.9 Å². The van der Waals surface area contributed by atoms with Gasteiger partial charge in [-0.15, -0.1) is 0 Å². The Bertz CT molecular complexity index is 49.3. The Balaban J connectivity index is 3.07. The van der Waals surface area contributed by atoms with Gasteiger partial charge in [0.05, 0.1) is 0 Å². The summed E-state index contributed by atoms with van der Waals surface area (Å²) in [4.78, 5) is 0. The molecule has 0 aromatic carbocycles. The molecule has 0 atom stereocenters. The van der Waals surface area contributed by atoms with E-state index >= 15 is 0 Å². The lowest BCUT2D eigenvalue weighted by Crippen LogP contribution is -2.22. The van der Waals surface area contributed by atoms with Crippen LogP contribution in [0.15, 0.2) is 0 Å². The van der Waals surface area contributed by atoms with E-state index in [9.17, 15) is 0 Å². The molecule has 8 heavy (non-hydrogen) atoms. The van der Waals surface area contributed by atoms with E-state index in [2.05, 4.69) is 22.6 Å². The lowest BCUT2D eigenvalue weighted by atomic mass is 11.3. The van der Waals surface area contributed by atoms with Gasteiger partial charge in [0.25, 0.3) is 0 Å². The van der Waals surface area contributed by atoms with Crippen molar-refractivity contribution < 1.29 is 9.47 Å². The van der Waals surface area contributed by atoms with Crippen molar-refractivity contribution in [2.45, 2.75) is 5.91 Å². The summed E-state index contributed by atoms with van der Waals surface area (Å²) in [6.07, 6.45) is 0. The second-order valence-electron chi connectivity index (χ2n) is 1.14. The van der Waals surface area contributed by atoms with Crippen LogP contribution in [0.25, 0.3) is 0 Å². The molecule has 0 unspecified atom stereocenters. The number of ether oxygens (including phenoxy) is 2. The summed E-state index contributed by atoms with van der Waals surface area (Å²) in [5.41, 5.74) is 0. The van der Waals surface area contributed by atoms with Crippen LogP contribution < -0.4 is 0 Å². The molecule has 0 aliphatic heterocycles. The third-order valence-electron chi connectivity index (χ3n) is 0.672. The Morgan fingerprint density at radius 3 is 2.12 bits per heavy atom. The molecular weight excluding hydrogens is 235 g/mol. The smallest absolute Gasteiger partial charge is 0.137 e. The first-order valence-corrected chi connectivity index (χ1v) is 5.01. The molecule has 0 rings (SSSR count). The van der Waals surface area contributed by atoms with Gasteiger partial charge in [-0.1, -0.05) is 22.6 Å². The second kappa shape index (κ2) is 5.99. The third kappa shape index (κ3) is 3.82. The lowest BCUT2D eigenvalue weighted by Gasteiger charge is -2.09. The van der Waals surface area contributed by atoms with Crippen molar-refractivity contribution in [3.05, 3.63) is 0 Å². The maximum Gasteiger partial charge on any atom is 0.137 e. The van der Waals surface area contributed by atoms with Crippen LogP contribution in [-0.2, 0) is 9.47 Å². The fourth-order valence-corrected chi connectivity index (χ4v) is 1.86. The highest BCUT2D eigenvalue weighted by molar-refractivity contribution is 14.1. The normalized spacial score (nSPS) is 10.5. The maximum atomic E-state index is 4.93. The lowest BCUT2D eigenvalue weighted by molar-refractivity contribution is -0.0435. The van der Waals surface area contributed by atoms with Crippen LogP contribution in [0.5, 0.6) is 0 Å². The highest BCUT2D eigenvalue weighted by Crippen LogP contribution is 1.89. The summed E-state index contributed by atoms with van der Waals surface area (Å²) in [6, 6.07) is 0. The van der Waals surface area contributed by atoms with Gasteiger partial charge >= 0.3 is 0 Å². The van der Waals surface area contributed by atoms with Gasteiger partial charge in [-0.3, -0.25) is 0 Å². The van der Waals surface area contributed by atoms with E-state index in [0.29, 0.717) is 0 Å². The van der Waals surface area contributed by atoms with Crippen molar-refractivity contribution in [2.75, 3.05) is 18.3 Å². The van der Waals surface area contributed by atoms with Crippen LogP contribution >= 0.6 is 22.6 Å². The van der Waals surface area contributed by atoms with Crippen LogP contribution in [0.4, 0.5) is 0 Å². The molecule has 0 aromatic heterocycles. The van der Waals surface area contributed by atoms with Crippen LogP contribution in [0.2, 0.25) is 0 Å². The fourth-order valence-electron chi connectivity index (χ4n) is 0.326. The number of hydrogen-bond donors (Lipinski definition) is 0. The summed E-state index contributed by atoms with van der Waals surface area (Å²) in [7, 11) is 4.07. The van der Waals surface area contributed by atoms with E-state index in [4.69, 9.17) is 9.47 Å². The number of alkyl halides is 1. The van der Waals surface area contributed by atoms with E-state index in [0.717, 1.165) is 13.6 Å². The molecule has 0 fully saturated rings. The first-order valence-electron chi connectivity index (χ1n) is 2.20. The van der Waals surface area contributed by atoms with Gasteiger partial charge < -0.3 is 9.47 Å². The number of halogens is 1. The van der Waals surface area contributed by atoms with Crippen molar-refractivity contribution >= 4 is 32.1 Å². The fraction of sp³-hybridized carbons (Fsp3) is 1.00. The molecule has 0 N–H and O–H groups in total. The molecule has 0 aliphatic carbocycles. The van der Waals surface area contributed by atoms with Gasteiger partial charge in [-0.05, 0) is 4.05 Å². The van der Waals surface area contributed by atoms with Gasteiger partial charge in [0.2, 0.25) is 0 Å². The van der Waals surface area contributed by atoms with E-state index in [-0.39, 0.29) is 5.91 Å². The van der Waals surface area contributed by atoms with Gasteiger partial charge in [0.15, 0.2) is 0 Å². The average Bonchev–Trinajstić information content (AvgIpc) is 1.83. The first-order chi connectivity index (χ1) is 3.85. The average molecular weight is 244 g/mol. The number of rotatable bonds is 4. The van der Waals surface area contributed by atoms with Gasteiger partial charge in [0, 0.05) is 14.2 Å². The summed E-state index contributed by atoms with van der Waals surface area (Å²) in [6.45, 7) is 0. The zero-order valence-corrected chi connectivity index (χ0v) is 8.14. The molecule has 0 spiro atoms. The first kappa shape index (κ1) is 8.87. The van der Waals surface area contributed by atoms with E-state index in [1.807, 2.05) is 0 Å². The standard InChI is InChI=1S/C4H9IO2Si/c1-6-4(7-2)8-3-5/h4H,3H2,1-2H3. The maximum absolute atomic E-state index is 4.93. The number of methoxy groups -OCH3 is 2. The molecule has 0 aliphatic rings. The molecule has 0 bridgehead atoms. The van der Waals surface area contributed by atoms with E-state index < -0.39 is 0 Å². The Morgan fingerprint density at radius 2 is 2.00 bits per heavy atom. The van der Waals surface area contributed by atoms with Gasteiger partial charge in [-0.2, -0.15) is 0 Å². The monoisotopic (exact) mass is 244 g/mol. The van der Waals surface area contributed by atoms with E-state index in [1.54, 1.807) is 14.2 Å². The van der Waals surface area contributed by atoms with E-state index in [1.165, 1.54) is 0 Å². The summed E-state index contributed by atoms with van der Waals surface area (Å²) in [5, 5.41) is 0. The highest BCUT2D eigenvalue weighted by Gasteiger charge is 2.02. The van der Waals surface area contributed by atoms with Gasteiger partial charge in [-0.25, -0.2) is 0 Å². The number of hydrogen-bond acceptors (Lipinski definition) is 2. The van der Waals surface area contributed by atoms with Crippen molar-refractivity contribution in [3.63, 3.8) is 0 Å². The predicted octanol–water partition coefficient (Wildman–Crippen LogP) is 0.659. The highest BCUT2D eigenvalue weighted by atomic mass is 127. The molecule has 0 aromatic rings. The second-order valence-corrected chi connectivity index (χ2v) is 4.58. The zero-order chi connectivity index (χ0) is 6.41. The Morgan fingerprint density at radius 1 is 1.50 bits per heavy atom. The minimum atomic E-state index is 0.0203.